The normalized spacial score (nSPS) is 20.9. The second-order valence-corrected chi connectivity index (χ2v) is 3.90. The molecule has 0 radical (unpaired) electrons. The van der Waals surface area contributed by atoms with Crippen LogP contribution in [0.3, 0.4) is 0 Å². The zero-order valence-electron chi connectivity index (χ0n) is 8.22. The number of rotatable bonds is 1. The van der Waals surface area contributed by atoms with Crippen molar-refractivity contribution in [1.29, 1.82) is 0 Å². The Labute approximate surface area is 89.2 Å². The molecule has 2 nitrogen and oxygen atoms in total. The lowest BCUT2D eigenvalue weighted by Gasteiger charge is -2.14. The molecule has 0 aliphatic carbocycles. The number of fused-ring (bicyclic) bond motifs is 1. The molecule has 0 spiro atoms. The quantitative estimate of drug-likeness (QED) is 0.771. The summed E-state index contributed by atoms with van der Waals surface area (Å²) < 4.78 is 5.84. The molecule has 1 atom stereocenters. The van der Waals surface area contributed by atoms with Crippen LogP contribution in [-0.4, -0.2) is 12.6 Å². The van der Waals surface area contributed by atoms with Crippen LogP contribution in [0.15, 0.2) is 18.2 Å². The van der Waals surface area contributed by atoms with Crippen molar-refractivity contribution in [2.45, 2.75) is 26.0 Å². The van der Waals surface area contributed by atoms with Gasteiger partial charge in [0, 0.05) is 23.7 Å². The van der Waals surface area contributed by atoms with Crippen LogP contribution < -0.4 is 10.1 Å². The summed E-state index contributed by atoms with van der Waals surface area (Å²) in [4.78, 5) is 0. The summed E-state index contributed by atoms with van der Waals surface area (Å²) in [5.41, 5.74) is 1.07. The molecule has 1 unspecified atom stereocenters. The summed E-state index contributed by atoms with van der Waals surface area (Å²) >= 11 is 6.09. The van der Waals surface area contributed by atoms with Crippen LogP contribution in [0.5, 0.6) is 5.75 Å². The lowest BCUT2D eigenvalue weighted by molar-refractivity contribution is 0.202. The maximum absolute atomic E-state index is 6.09. The highest BCUT2D eigenvalue weighted by Gasteiger charge is 2.16. The fraction of sp³-hybridized carbons (Fsp3) is 0.455. The minimum absolute atomic E-state index is 0.259. The fourth-order valence-corrected chi connectivity index (χ4v) is 1.86. The summed E-state index contributed by atoms with van der Waals surface area (Å²) in [7, 11) is 0. The standard InChI is InChI=1S/C11H14ClNO/c1-2-8-6-13-7-9-10(12)4-3-5-11(9)14-8/h3-5,8,13H,2,6-7H2,1H3. The number of benzene rings is 1. The van der Waals surface area contributed by atoms with Crippen LogP contribution in [0.4, 0.5) is 0 Å². The molecule has 1 heterocycles. The van der Waals surface area contributed by atoms with Gasteiger partial charge >= 0.3 is 0 Å². The maximum atomic E-state index is 6.09. The van der Waals surface area contributed by atoms with Gasteiger partial charge in [-0.15, -0.1) is 0 Å². The lowest BCUT2D eigenvalue weighted by atomic mass is 10.2. The fourth-order valence-electron chi connectivity index (χ4n) is 1.63. The molecule has 1 aliphatic heterocycles. The summed E-state index contributed by atoms with van der Waals surface area (Å²) in [6.45, 7) is 3.81. The molecular formula is C11H14ClNO. The molecular weight excluding hydrogens is 198 g/mol. The van der Waals surface area contributed by atoms with Crippen LogP contribution in [-0.2, 0) is 6.54 Å². The van der Waals surface area contributed by atoms with E-state index in [1.54, 1.807) is 0 Å². The average Bonchev–Trinajstić information content (AvgIpc) is 2.40. The number of ether oxygens (including phenoxy) is 1. The molecule has 1 aliphatic rings. The SMILES string of the molecule is CCC1CNCc2c(Cl)cccc2O1. The number of nitrogens with one attached hydrogen (secondary N) is 1. The topological polar surface area (TPSA) is 21.3 Å². The molecule has 2 rings (SSSR count). The van der Waals surface area contributed by atoms with Gasteiger partial charge in [0.25, 0.3) is 0 Å². The van der Waals surface area contributed by atoms with Crippen molar-refractivity contribution in [3.8, 4) is 5.75 Å². The first-order valence-corrected chi connectivity index (χ1v) is 5.34. The van der Waals surface area contributed by atoms with E-state index in [-0.39, 0.29) is 6.10 Å². The van der Waals surface area contributed by atoms with E-state index in [0.29, 0.717) is 0 Å². The monoisotopic (exact) mass is 211 g/mol. The van der Waals surface area contributed by atoms with E-state index in [0.717, 1.165) is 35.8 Å². The minimum atomic E-state index is 0.259. The van der Waals surface area contributed by atoms with Gasteiger partial charge in [0.15, 0.2) is 0 Å². The largest absolute Gasteiger partial charge is 0.489 e. The van der Waals surface area contributed by atoms with Gasteiger partial charge in [-0.25, -0.2) is 0 Å². The number of hydrogen-bond acceptors (Lipinski definition) is 2. The van der Waals surface area contributed by atoms with E-state index in [9.17, 15) is 0 Å². The predicted molar refractivity (Wildman–Crippen MR) is 57.9 cm³/mol. The molecule has 0 saturated carbocycles. The van der Waals surface area contributed by atoms with Crippen molar-refractivity contribution in [2.24, 2.45) is 0 Å². The van der Waals surface area contributed by atoms with Crippen molar-refractivity contribution in [2.75, 3.05) is 6.54 Å². The van der Waals surface area contributed by atoms with Gasteiger partial charge < -0.3 is 10.1 Å². The molecule has 0 aromatic heterocycles. The first kappa shape index (κ1) is 9.81. The highest BCUT2D eigenvalue weighted by Crippen LogP contribution is 2.28. The van der Waals surface area contributed by atoms with E-state index in [4.69, 9.17) is 16.3 Å². The Balaban J connectivity index is 2.32. The maximum Gasteiger partial charge on any atom is 0.125 e. The second kappa shape index (κ2) is 4.20. The molecule has 1 aromatic carbocycles. The van der Waals surface area contributed by atoms with Crippen LogP contribution in [0, 0.1) is 0 Å². The predicted octanol–water partition coefficient (Wildman–Crippen LogP) is 2.60. The summed E-state index contributed by atoms with van der Waals surface area (Å²) in [5, 5.41) is 4.12. The van der Waals surface area contributed by atoms with E-state index in [1.165, 1.54) is 0 Å². The zero-order chi connectivity index (χ0) is 9.97. The van der Waals surface area contributed by atoms with Gasteiger partial charge in [-0.05, 0) is 18.6 Å². The molecule has 0 fully saturated rings. The average molecular weight is 212 g/mol. The van der Waals surface area contributed by atoms with Crippen molar-refractivity contribution in [3.05, 3.63) is 28.8 Å². The second-order valence-electron chi connectivity index (χ2n) is 3.50. The van der Waals surface area contributed by atoms with Crippen LogP contribution in [0.1, 0.15) is 18.9 Å². The molecule has 1 aromatic rings. The third kappa shape index (κ3) is 1.86. The molecule has 0 bridgehead atoms. The smallest absolute Gasteiger partial charge is 0.125 e. The first-order chi connectivity index (χ1) is 6.81. The Morgan fingerprint density at radius 3 is 3.21 bits per heavy atom. The van der Waals surface area contributed by atoms with Crippen LogP contribution in [0.25, 0.3) is 0 Å². The Hall–Kier alpha value is -0.730. The number of halogens is 1. The van der Waals surface area contributed by atoms with E-state index in [1.807, 2.05) is 18.2 Å². The van der Waals surface area contributed by atoms with Gasteiger partial charge in [0.05, 0.1) is 0 Å². The molecule has 76 valence electrons. The Morgan fingerprint density at radius 1 is 1.57 bits per heavy atom. The van der Waals surface area contributed by atoms with E-state index < -0.39 is 0 Å². The van der Waals surface area contributed by atoms with Gasteiger partial charge in [-0.3, -0.25) is 0 Å². The van der Waals surface area contributed by atoms with Crippen molar-refractivity contribution < 1.29 is 4.74 Å². The number of hydrogen-bond donors (Lipinski definition) is 1. The van der Waals surface area contributed by atoms with Gasteiger partial charge in [0.1, 0.15) is 11.9 Å². The van der Waals surface area contributed by atoms with Gasteiger partial charge in [-0.2, -0.15) is 0 Å². The van der Waals surface area contributed by atoms with Crippen LogP contribution in [0.2, 0.25) is 5.02 Å². The van der Waals surface area contributed by atoms with Gasteiger partial charge in [-0.1, -0.05) is 24.6 Å². The highest BCUT2D eigenvalue weighted by molar-refractivity contribution is 6.31. The summed E-state index contributed by atoms with van der Waals surface area (Å²) in [5.74, 6) is 0.925. The lowest BCUT2D eigenvalue weighted by Crippen LogP contribution is -2.27. The minimum Gasteiger partial charge on any atom is -0.489 e. The first-order valence-electron chi connectivity index (χ1n) is 4.96. The third-order valence-electron chi connectivity index (χ3n) is 2.50. The third-order valence-corrected chi connectivity index (χ3v) is 2.85. The highest BCUT2D eigenvalue weighted by atomic mass is 35.5. The molecule has 14 heavy (non-hydrogen) atoms. The molecule has 1 N–H and O–H groups in total. The van der Waals surface area contributed by atoms with E-state index in [2.05, 4.69) is 12.2 Å². The van der Waals surface area contributed by atoms with Crippen molar-refractivity contribution >= 4 is 11.6 Å². The van der Waals surface area contributed by atoms with Crippen molar-refractivity contribution in [3.63, 3.8) is 0 Å². The zero-order valence-corrected chi connectivity index (χ0v) is 8.97. The Morgan fingerprint density at radius 2 is 2.43 bits per heavy atom. The molecule has 3 heteroatoms. The molecule has 0 saturated heterocycles. The Bertz CT molecular complexity index is 327. The van der Waals surface area contributed by atoms with E-state index >= 15 is 0 Å². The van der Waals surface area contributed by atoms with Gasteiger partial charge in [0.2, 0.25) is 0 Å². The summed E-state index contributed by atoms with van der Waals surface area (Å²) in [6.07, 6.45) is 1.27. The van der Waals surface area contributed by atoms with Crippen LogP contribution >= 0.6 is 11.6 Å². The van der Waals surface area contributed by atoms with Crippen molar-refractivity contribution in [1.82, 2.24) is 5.32 Å². The summed E-state index contributed by atoms with van der Waals surface area (Å²) in [6, 6.07) is 5.81. The molecule has 0 amide bonds. The Kier molecular flexibility index (Phi) is 2.94.